The molecule has 0 radical (unpaired) electrons. The second-order valence-electron chi connectivity index (χ2n) is 5.12. The number of likely N-dealkylation sites (tertiary alicyclic amines) is 1. The molecule has 5 nitrogen and oxygen atoms in total. The number of anilines is 1. The Balaban J connectivity index is 2.19. The van der Waals surface area contributed by atoms with Crippen molar-refractivity contribution in [3.05, 3.63) is 23.9 Å². The van der Waals surface area contributed by atoms with Crippen molar-refractivity contribution in [2.75, 3.05) is 25.9 Å². The smallest absolute Gasteiger partial charge is 0.310 e. The molecule has 0 unspecified atom stereocenters. The van der Waals surface area contributed by atoms with Gasteiger partial charge in [-0.05, 0) is 45.1 Å². The topological polar surface area (TPSA) is 79.5 Å². The van der Waals surface area contributed by atoms with Gasteiger partial charge in [0.25, 0.3) is 0 Å². The molecule has 2 heterocycles. The van der Waals surface area contributed by atoms with E-state index in [1.807, 2.05) is 19.2 Å². The van der Waals surface area contributed by atoms with Crippen LogP contribution in [0.3, 0.4) is 0 Å². The van der Waals surface area contributed by atoms with Gasteiger partial charge in [-0.2, -0.15) is 0 Å². The molecule has 2 rings (SSSR count). The molecule has 0 saturated carbocycles. The minimum atomic E-state index is -0.722. The summed E-state index contributed by atoms with van der Waals surface area (Å²) in [7, 11) is 2.02. The average molecular weight is 249 g/mol. The number of hydrogen-bond acceptors (Lipinski definition) is 4. The average Bonchev–Trinajstić information content (AvgIpc) is 2.32. The molecule has 1 aliphatic heterocycles. The summed E-state index contributed by atoms with van der Waals surface area (Å²) in [6.07, 6.45) is 1.78. The highest BCUT2D eigenvalue weighted by atomic mass is 16.4. The molecule has 1 aliphatic rings. The number of carboxylic acid groups (broad SMARTS) is 1. The van der Waals surface area contributed by atoms with Crippen molar-refractivity contribution >= 4 is 11.8 Å². The Hall–Kier alpha value is -1.62. The molecule has 0 aliphatic carbocycles. The van der Waals surface area contributed by atoms with Gasteiger partial charge in [0.1, 0.15) is 5.82 Å². The third-order valence-electron chi connectivity index (χ3n) is 3.75. The van der Waals surface area contributed by atoms with Crippen LogP contribution in [-0.4, -0.2) is 41.1 Å². The highest BCUT2D eigenvalue weighted by molar-refractivity contribution is 5.75. The Morgan fingerprint density at radius 1 is 1.50 bits per heavy atom. The first-order valence-corrected chi connectivity index (χ1v) is 6.15. The van der Waals surface area contributed by atoms with Crippen LogP contribution in [0.1, 0.15) is 18.5 Å². The van der Waals surface area contributed by atoms with E-state index in [4.69, 9.17) is 5.73 Å². The summed E-state index contributed by atoms with van der Waals surface area (Å²) in [6.45, 7) is 1.63. The predicted molar refractivity (Wildman–Crippen MR) is 69.2 cm³/mol. The van der Waals surface area contributed by atoms with Crippen molar-refractivity contribution in [1.82, 2.24) is 9.88 Å². The molecule has 0 atom stereocenters. The number of nitrogens with two attached hydrogens (primary N) is 1. The van der Waals surface area contributed by atoms with E-state index >= 15 is 0 Å². The third-order valence-corrected chi connectivity index (χ3v) is 3.75. The molecule has 0 bridgehead atoms. The second-order valence-corrected chi connectivity index (χ2v) is 5.12. The van der Waals surface area contributed by atoms with E-state index in [1.54, 1.807) is 6.07 Å². The van der Waals surface area contributed by atoms with E-state index in [-0.39, 0.29) is 0 Å². The van der Waals surface area contributed by atoms with Crippen molar-refractivity contribution < 1.29 is 9.90 Å². The first-order valence-electron chi connectivity index (χ1n) is 6.15. The summed E-state index contributed by atoms with van der Waals surface area (Å²) >= 11 is 0. The summed E-state index contributed by atoms with van der Waals surface area (Å²) < 4.78 is 0. The molecule has 1 fully saturated rings. The number of hydrogen-bond donors (Lipinski definition) is 2. The third kappa shape index (κ3) is 2.61. The number of rotatable bonds is 3. The van der Waals surface area contributed by atoms with Crippen LogP contribution >= 0.6 is 0 Å². The fourth-order valence-corrected chi connectivity index (χ4v) is 2.46. The quantitative estimate of drug-likeness (QED) is 0.835. The van der Waals surface area contributed by atoms with E-state index in [1.165, 1.54) is 0 Å². The molecule has 3 N–H and O–H groups in total. The molecule has 0 spiro atoms. The maximum Gasteiger partial charge on any atom is 0.310 e. The number of pyridine rings is 1. The van der Waals surface area contributed by atoms with E-state index in [2.05, 4.69) is 9.88 Å². The molecule has 1 aromatic rings. The molecule has 0 amide bonds. The lowest BCUT2D eigenvalue weighted by Crippen LogP contribution is -2.44. The van der Waals surface area contributed by atoms with Crippen molar-refractivity contribution in [2.24, 2.45) is 5.41 Å². The van der Waals surface area contributed by atoms with Gasteiger partial charge in [-0.3, -0.25) is 4.79 Å². The second kappa shape index (κ2) is 4.94. The Morgan fingerprint density at radius 2 is 2.17 bits per heavy atom. The summed E-state index contributed by atoms with van der Waals surface area (Å²) in [4.78, 5) is 18.0. The van der Waals surface area contributed by atoms with E-state index in [9.17, 15) is 9.90 Å². The van der Waals surface area contributed by atoms with Gasteiger partial charge < -0.3 is 15.7 Å². The van der Waals surface area contributed by atoms with Crippen molar-refractivity contribution in [2.45, 2.75) is 19.3 Å². The minimum Gasteiger partial charge on any atom is -0.481 e. The first-order chi connectivity index (χ1) is 8.52. The van der Waals surface area contributed by atoms with Crippen LogP contribution in [0.2, 0.25) is 0 Å². The van der Waals surface area contributed by atoms with Crippen LogP contribution in [0, 0.1) is 5.41 Å². The molecule has 98 valence electrons. The van der Waals surface area contributed by atoms with E-state index in [0.717, 1.165) is 18.8 Å². The van der Waals surface area contributed by atoms with Gasteiger partial charge in [0.05, 0.1) is 5.41 Å². The summed E-state index contributed by atoms with van der Waals surface area (Å²) in [6, 6.07) is 5.38. The fraction of sp³-hybridized carbons (Fsp3) is 0.538. The van der Waals surface area contributed by atoms with Gasteiger partial charge in [-0.15, -0.1) is 0 Å². The zero-order valence-electron chi connectivity index (χ0n) is 10.6. The highest BCUT2D eigenvalue weighted by Gasteiger charge is 2.41. The Bertz CT molecular complexity index is 440. The number of nitrogens with zero attached hydrogens (tertiary/aromatic N) is 2. The summed E-state index contributed by atoms with van der Waals surface area (Å²) in [5, 5.41) is 9.53. The maximum atomic E-state index is 11.6. The highest BCUT2D eigenvalue weighted by Crippen LogP contribution is 2.34. The molecule has 1 saturated heterocycles. The summed E-state index contributed by atoms with van der Waals surface area (Å²) in [5.74, 6) is -0.277. The zero-order chi connectivity index (χ0) is 13.2. The van der Waals surface area contributed by atoms with Gasteiger partial charge in [0.2, 0.25) is 0 Å². The fourth-order valence-electron chi connectivity index (χ4n) is 2.46. The van der Waals surface area contributed by atoms with Gasteiger partial charge in [-0.25, -0.2) is 4.98 Å². The van der Waals surface area contributed by atoms with Gasteiger partial charge in [0, 0.05) is 12.1 Å². The van der Waals surface area contributed by atoms with Crippen LogP contribution in [0.5, 0.6) is 0 Å². The number of aromatic nitrogens is 1. The molecular formula is C13H19N3O2. The molecule has 5 heteroatoms. The maximum absolute atomic E-state index is 11.6. The number of carbonyl (C=O) groups is 1. The number of piperidine rings is 1. The molecule has 0 aromatic carbocycles. The van der Waals surface area contributed by atoms with Crippen LogP contribution in [-0.2, 0) is 11.2 Å². The zero-order valence-corrected chi connectivity index (χ0v) is 10.6. The normalized spacial score (nSPS) is 19.6. The Kier molecular flexibility index (Phi) is 3.52. The predicted octanol–water partition coefficient (Wildman–Crippen LogP) is 1.00. The number of nitrogen functional groups attached to an aromatic ring is 1. The van der Waals surface area contributed by atoms with Crippen molar-refractivity contribution in [3.63, 3.8) is 0 Å². The van der Waals surface area contributed by atoms with Gasteiger partial charge >= 0.3 is 5.97 Å². The van der Waals surface area contributed by atoms with Gasteiger partial charge in [0.15, 0.2) is 0 Å². The molecular weight excluding hydrogens is 230 g/mol. The van der Waals surface area contributed by atoms with Gasteiger partial charge in [-0.1, -0.05) is 6.07 Å². The van der Waals surface area contributed by atoms with Crippen LogP contribution < -0.4 is 5.73 Å². The number of aliphatic carboxylic acids is 1. The monoisotopic (exact) mass is 249 g/mol. The van der Waals surface area contributed by atoms with Crippen LogP contribution in [0.15, 0.2) is 18.2 Å². The largest absolute Gasteiger partial charge is 0.481 e. The summed E-state index contributed by atoms with van der Waals surface area (Å²) in [5.41, 5.74) is 5.72. The Labute approximate surface area is 107 Å². The van der Waals surface area contributed by atoms with Crippen molar-refractivity contribution in [1.29, 1.82) is 0 Å². The standard InChI is InChI=1S/C13H19N3O2/c1-16-7-5-13(6-8-16,12(17)18)9-10-3-2-4-11(14)15-10/h2-4H,5-9H2,1H3,(H2,14,15)(H,17,18). The first kappa shape index (κ1) is 12.8. The van der Waals surface area contributed by atoms with Crippen molar-refractivity contribution in [3.8, 4) is 0 Å². The SMILES string of the molecule is CN1CCC(Cc2cccc(N)n2)(C(=O)O)CC1. The van der Waals surface area contributed by atoms with E-state index in [0.29, 0.717) is 25.1 Å². The molecule has 1 aromatic heterocycles. The Morgan fingerprint density at radius 3 is 2.72 bits per heavy atom. The van der Waals surface area contributed by atoms with E-state index < -0.39 is 11.4 Å². The molecule has 18 heavy (non-hydrogen) atoms. The lowest BCUT2D eigenvalue weighted by Gasteiger charge is -2.37. The lowest BCUT2D eigenvalue weighted by molar-refractivity contribution is -0.151. The number of carboxylic acids is 1. The minimum absolute atomic E-state index is 0.445. The van der Waals surface area contributed by atoms with Crippen LogP contribution in [0.25, 0.3) is 0 Å². The lowest BCUT2D eigenvalue weighted by atomic mass is 9.75. The van der Waals surface area contributed by atoms with Crippen LogP contribution in [0.4, 0.5) is 5.82 Å².